The van der Waals surface area contributed by atoms with E-state index in [9.17, 15) is 4.79 Å². The molecule has 1 saturated heterocycles. The van der Waals surface area contributed by atoms with Crippen LogP contribution in [-0.2, 0) is 11.3 Å². The number of hydrogen-bond acceptors (Lipinski definition) is 6. The lowest BCUT2D eigenvalue weighted by atomic mass is 9.97. The van der Waals surface area contributed by atoms with E-state index in [1.807, 2.05) is 17.5 Å². The number of likely N-dealkylation sites (tertiary alicyclic amines) is 1. The molecule has 0 aromatic carbocycles. The highest BCUT2D eigenvalue weighted by molar-refractivity contribution is 7.13. The number of nitrogens with one attached hydrogen (secondary N) is 1. The topological polar surface area (TPSA) is 84.4 Å². The second-order valence-corrected chi connectivity index (χ2v) is 6.72. The number of hydrogen-bond donors (Lipinski definition) is 2. The van der Waals surface area contributed by atoms with Crippen molar-refractivity contribution in [1.29, 1.82) is 0 Å². The number of carbonyl (C=O) groups excluding carboxylic acids is 1. The first-order valence-electron chi connectivity index (χ1n) is 7.94. The highest BCUT2D eigenvalue weighted by Gasteiger charge is 2.26. The van der Waals surface area contributed by atoms with Gasteiger partial charge in [0, 0.05) is 26.2 Å². The summed E-state index contributed by atoms with van der Waals surface area (Å²) in [4.78, 5) is 19.9. The van der Waals surface area contributed by atoms with Gasteiger partial charge in [-0.3, -0.25) is 9.69 Å². The zero-order valence-corrected chi connectivity index (χ0v) is 16.3. The minimum Gasteiger partial charge on any atom is -0.444 e. The van der Waals surface area contributed by atoms with E-state index in [-0.39, 0.29) is 36.6 Å². The summed E-state index contributed by atoms with van der Waals surface area (Å²) in [6.45, 7) is 3.49. The number of halogens is 2. The molecule has 2 aromatic heterocycles. The Hall–Kier alpha value is -1.12. The molecule has 1 aliphatic heterocycles. The summed E-state index contributed by atoms with van der Waals surface area (Å²) in [5, 5.41) is 4.89. The van der Waals surface area contributed by atoms with Gasteiger partial charge in [0.15, 0.2) is 0 Å². The van der Waals surface area contributed by atoms with Gasteiger partial charge in [-0.25, -0.2) is 4.98 Å². The summed E-state index contributed by atoms with van der Waals surface area (Å²) in [7, 11) is 0. The second-order valence-electron chi connectivity index (χ2n) is 5.78. The predicted molar refractivity (Wildman–Crippen MR) is 104 cm³/mol. The largest absolute Gasteiger partial charge is 0.444 e. The number of carbonyl (C=O) groups is 1. The molecular formula is C16H24Cl2N4O2S. The molecule has 0 aliphatic carbocycles. The first-order chi connectivity index (χ1) is 11.3. The van der Waals surface area contributed by atoms with Crippen LogP contribution in [-0.4, -0.2) is 42.0 Å². The molecule has 0 bridgehead atoms. The summed E-state index contributed by atoms with van der Waals surface area (Å²) in [6, 6.07) is 3.98. The van der Waals surface area contributed by atoms with Crippen molar-refractivity contribution in [2.24, 2.45) is 11.7 Å². The number of aromatic nitrogens is 1. The quantitative estimate of drug-likeness (QED) is 0.769. The normalized spacial score (nSPS) is 17.4. The van der Waals surface area contributed by atoms with Gasteiger partial charge in [0.25, 0.3) is 0 Å². The zero-order chi connectivity index (χ0) is 16.1. The van der Waals surface area contributed by atoms with Gasteiger partial charge in [-0.15, -0.1) is 36.2 Å². The van der Waals surface area contributed by atoms with Gasteiger partial charge in [-0.2, -0.15) is 0 Å². The molecule has 3 rings (SSSR count). The first-order valence-corrected chi connectivity index (χ1v) is 8.82. The third-order valence-electron chi connectivity index (χ3n) is 3.99. The van der Waals surface area contributed by atoms with Crippen molar-refractivity contribution >= 4 is 42.1 Å². The van der Waals surface area contributed by atoms with Crippen molar-refractivity contribution in [3.05, 3.63) is 29.5 Å². The Morgan fingerprint density at radius 1 is 1.48 bits per heavy atom. The van der Waals surface area contributed by atoms with Gasteiger partial charge < -0.3 is 15.5 Å². The third kappa shape index (κ3) is 5.97. The molecule has 9 heteroatoms. The molecule has 1 fully saturated rings. The fourth-order valence-corrected chi connectivity index (χ4v) is 3.53. The second kappa shape index (κ2) is 10.8. The van der Waals surface area contributed by atoms with Crippen LogP contribution in [0.2, 0.25) is 0 Å². The minimum atomic E-state index is 0. The van der Waals surface area contributed by atoms with E-state index in [1.54, 1.807) is 17.6 Å². The van der Waals surface area contributed by atoms with Gasteiger partial charge >= 0.3 is 0 Å². The Bertz CT molecular complexity index is 636. The number of oxazole rings is 1. The molecule has 140 valence electrons. The van der Waals surface area contributed by atoms with Gasteiger partial charge in [0.1, 0.15) is 6.26 Å². The average Bonchev–Trinajstić information content (AvgIpc) is 3.24. The van der Waals surface area contributed by atoms with E-state index in [1.165, 1.54) is 0 Å². The van der Waals surface area contributed by atoms with Crippen LogP contribution < -0.4 is 11.1 Å². The molecule has 0 saturated carbocycles. The molecule has 25 heavy (non-hydrogen) atoms. The van der Waals surface area contributed by atoms with E-state index in [2.05, 4.69) is 15.2 Å². The fraction of sp³-hybridized carbons (Fsp3) is 0.500. The van der Waals surface area contributed by atoms with Crippen LogP contribution in [0.3, 0.4) is 0 Å². The van der Waals surface area contributed by atoms with E-state index >= 15 is 0 Å². The van der Waals surface area contributed by atoms with E-state index in [4.69, 9.17) is 10.2 Å². The lowest BCUT2D eigenvalue weighted by Gasteiger charge is -2.31. The highest BCUT2D eigenvalue weighted by atomic mass is 35.5. The van der Waals surface area contributed by atoms with E-state index < -0.39 is 0 Å². The van der Waals surface area contributed by atoms with Gasteiger partial charge in [0.05, 0.1) is 16.5 Å². The van der Waals surface area contributed by atoms with Crippen molar-refractivity contribution in [2.45, 2.75) is 19.4 Å². The van der Waals surface area contributed by atoms with Crippen LogP contribution in [0.15, 0.2) is 28.2 Å². The lowest BCUT2D eigenvalue weighted by Crippen LogP contribution is -2.43. The number of nitrogens with zero attached hydrogens (tertiary/aromatic N) is 2. The highest BCUT2D eigenvalue weighted by Crippen LogP contribution is 2.25. The van der Waals surface area contributed by atoms with Crippen molar-refractivity contribution in [2.75, 3.05) is 26.2 Å². The third-order valence-corrected chi connectivity index (χ3v) is 4.85. The average molecular weight is 407 g/mol. The summed E-state index contributed by atoms with van der Waals surface area (Å²) < 4.78 is 5.56. The maximum atomic E-state index is 12.1. The van der Waals surface area contributed by atoms with Gasteiger partial charge in [-0.1, -0.05) is 6.07 Å². The van der Waals surface area contributed by atoms with Crippen LogP contribution in [0.1, 0.15) is 18.5 Å². The number of nitrogens with two attached hydrogens (primary N) is 1. The zero-order valence-electron chi connectivity index (χ0n) is 13.8. The molecular weight excluding hydrogens is 383 g/mol. The van der Waals surface area contributed by atoms with Crippen molar-refractivity contribution in [3.63, 3.8) is 0 Å². The van der Waals surface area contributed by atoms with Crippen molar-refractivity contribution in [3.8, 4) is 10.8 Å². The monoisotopic (exact) mass is 406 g/mol. The molecule has 3 N–H and O–H groups in total. The number of thiophene rings is 1. The molecule has 1 atom stereocenters. The summed E-state index contributed by atoms with van der Waals surface area (Å²) in [5.41, 5.74) is 6.35. The molecule has 0 spiro atoms. The van der Waals surface area contributed by atoms with Crippen LogP contribution in [0, 0.1) is 5.92 Å². The molecule has 1 unspecified atom stereocenters. The van der Waals surface area contributed by atoms with Crippen LogP contribution in [0.4, 0.5) is 0 Å². The molecule has 6 nitrogen and oxygen atoms in total. The Kier molecular flexibility index (Phi) is 9.45. The smallest absolute Gasteiger partial charge is 0.236 e. The number of rotatable bonds is 6. The number of piperidine rings is 1. The molecule has 0 radical (unpaired) electrons. The molecule has 3 heterocycles. The van der Waals surface area contributed by atoms with E-state index in [0.717, 1.165) is 43.0 Å². The molecule has 2 aromatic rings. The first kappa shape index (κ1) is 21.9. The Morgan fingerprint density at radius 3 is 3.04 bits per heavy atom. The van der Waals surface area contributed by atoms with Gasteiger partial charge in [0.2, 0.25) is 11.8 Å². The predicted octanol–water partition coefficient (Wildman–Crippen LogP) is 2.53. The summed E-state index contributed by atoms with van der Waals surface area (Å²) in [6.07, 6.45) is 3.68. The molecule has 1 aliphatic rings. The minimum absolute atomic E-state index is 0. The van der Waals surface area contributed by atoms with Gasteiger partial charge in [-0.05, 0) is 30.8 Å². The standard InChI is InChI=1S/C16H22N4O2S.2ClH/c17-5-6-18-15(21)12-3-1-7-20(9-12)10-13-11-22-16(19-13)14-4-2-8-23-14;;/h2,4,8,11-12H,1,3,5-7,9-10,17H2,(H,18,21);2*1H. The van der Waals surface area contributed by atoms with Crippen LogP contribution in [0.5, 0.6) is 0 Å². The van der Waals surface area contributed by atoms with Crippen LogP contribution in [0.25, 0.3) is 10.8 Å². The molecule has 1 amide bonds. The number of amides is 1. The fourth-order valence-electron chi connectivity index (χ4n) is 2.87. The van der Waals surface area contributed by atoms with Crippen molar-refractivity contribution < 1.29 is 9.21 Å². The Balaban J connectivity index is 0.00000156. The maximum Gasteiger partial charge on any atom is 0.236 e. The van der Waals surface area contributed by atoms with Crippen molar-refractivity contribution in [1.82, 2.24) is 15.2 Å². The summed E-state index contributed by atoms with van der Waals surface area (Å²) >= 11 is 1.61. The lowest BCUT2D eigenvalue weighted by molar-refractivity contribution is -0.126. The van der Waals surface area contributed by atoms with Crippen LogP contribution >= 0.6 is 36.2 Å². The Labute approximate surface area is 164 Å². The SMILES string of the molecule is Cl.Cl.NCCNC(=O)C1CCCN(Cc2coc(-c3cccs3)n2)C1. The summed E-state index contributed by atoms with van der Waals surface area (Å²) in [5.74, 6) is 0.822. The Morgan fingerprint density at radius 2 is 2.32 bits per heavy atom. The maximum absolute atomic E-state index is 12.1. The van der Waals surface area contributed by atoms with E-state index in [0.29, 0.717) is 19.0 Å².